The molecule has 0 aliphatic heterocycles. The number of aryl methyl sites for hydroxylation is 1. The van der Waals surface area contributed by atoms with Crippen LogP contribution in [0.5, 0.6) is 0 Å². The van der Waals surface area contributed by atoms with Gasteiger partial charge in [-0.1, -0.05) is 6.42 Å². The van der Waals surface area contributed by atoms with E-state index in [1.165, 1.54) is 21.8 Å². The lowest BCUT2D eigenvalue weighted by Gasteiger charge is -2.27. The molecule has 1 aliphatic rings. The maximum atomic E-state index is 12.4. The van der Waals surface area contributed by atoms with E-state index in [4.69, 9.17) is 5.73 Å². The number of hydrogen-bond donors (Lipinski definition) is 1. The quantitative estimate of drug-likeness (QED) is 0.903. The molecule has 1 aromatic heterocycles. The molecule has 102 valence electrons. The van der Waals surface area contributed by atoms with Crippen LogP contribution in [-0.4, -0.2) is 37.3 Å². The van der Waals surface area contributed by atoms with Crippen LogP contribution in [0.15, 0.2) is 10.4 Å². The van der Waals surface area contributed by atoms with E-state index in [1.807, 2.05) is 6.92 Å². The van der Waals surface area contributed by atoms with Gasteiger partial charge in [-0.25, -0.2) is 13.4 Å². The molecule has 2 rings (SSSR count). The molecule has 1 fully saturated rings. The summed E-state index contributed by atoms with van der Waals surface area (Å²) in [6, 6.07) is 0.0300. The van der Waals surface area contributed by atoms with Crippen molar-refractivity contribution < 1.29 is 8.42 Å². The van der Waals surface area contributed by atoms with Crippen molar-refractivity contribution >= 4 is 21.4 Å². The predicted octanol–water partition coefficient (Wildman–Crippen LogP) is 1.20. The molecule has 1 aromatic rings. The van der Waals surface area contributed by atoms with Crippen LogP contribution in [0.4, 0.5) is 0 Å². The highest BCUT2D eigenvalue weighted by molar-refractivity contribution is 7.91. The zero-order valence-corrected chi connectivity index (χ0v) is 12.3. The third kappa shape index (κ3) is 2.45. The Morgan fingerprint density at radius 2 is 2.28 bits per heavy atom. The smallest absolute Gasteiger partial charge is 0.254 e. The van der Waals surface area contributed by atoms with Crippen LogP contribution < -0.4 is 5.73 Å². The number of aromatic nitrogens is 1. The van der Waals surface area contributed by atoms with Gasteiger partial charge in [-0.05, 0) is 32.2 Å². The molecule has 7 heteroatoms. The molecular weight excluding hydrogens is 270 g/mol. The van der Waals surface area contributed by atoms with Gasteiger partial charge < -0.3 is 5.73 Å². The van der Waals surface area contributed by atoms with Gasteiger partial charge in [0.1, 0.15) is 0 Å². The number of thiazole rings is 1. The molecule has 2 unspecified atom stereocenters. The minimum atomic E-state index is -3.41. The van der Waals surface area contributed by atoms with Crippen LogP contribution in [0.1, 0.15) is 24.3 Å². The van der Waals surface area contributed by atoms with Gasteiger partial charge in [0.05, 0.1) is 11.2 Å². The Hall–Kier alpha value is -0.500. The summed E-state index contributed by atoms with van der Waals surface area (Å²) in [4.78, 5) is 4.02. The first-order valence-corrected chi connectivity index (χ1v) is 8.33. The topological polar surface area (TPSA) is 76.3 Å². The second kappa shape index (κ2) is 5.24. The lowest BCUT2D eigenvalue weighted by molar-refractivity contribution is 0.305. The lowest BCUT2D eigenvalue weighted by Crippen LogP contribution is -2.41. The summed E-state index contributed by atoms with van der Waals surface area (Å²) in [5.74, 6) is 0.277. The van der Waals surface area contributed by atoms with E-state index in [0.29, 0.717) is 10.8 Å². The molecule has 0 spiro atoms. The maximum absolute atomic E-state index is 12.4. The summed E-state index contributed by atoms with van der Waals surface area (Å²) in [5, 5.41) is 0.767. The van der Waals surface area contributed by atoms with Gasteiger partial charge >= 0.3 is 0 Å². The molecule has 0 bridgehead atoms. The van der Waals surface area contributed by atoms with Crippen molar-refractivity contribution in [2.45, 2.75) is 36.4 Å². The summed E-state index contributed by atoms with van der Waals surface area (Å²) in [6.07, 6.45) is 4.41. The molecule has 1 aliphatic carbocycles. The highest BCUT2D eigenvalue weighted by Crippen LogP contribution is 2.32. The van der Waals surface area contributed by atoms with Crippen molar-refractivity contribution in [1.82, 2.24) is 9.29 Å². The molecule has 0 saturated heterocycles. The Balaban J connectivity index is 2.25. The lowest BCUT2D eigenvalue weighted by atomic mass is 10.0. The third-order valence-electron chi connectivity index (χ3n) is 3.62. The monoisotopic (exact) mass is 289 g/mol. The van der Waals surface area contributed by atoms with Crippen molar-refractivity contribution in [3.63, 3.8) is 0 Å². The standard InChI is InChI=1S/C11H19N3O2S2/c1-8-13-7-11(17-8)18(15,16)14(2)10-5-3-4-9(10)6-12/h7,9-10H,3-6,12H2,1-2H3. The number of sulfonamides is 1. The van der Waals surface area contributed by atoms with Gasteiger partial charge in [0.25, 0.3) is 10.0 Å². The van der Waals surface area contributed by atoms with Gasteiger partial charge in [-0.3, -0.25) is 0 Å². The van der Waals surface area contributed by atoms with E-state index < -0.39 is 10.0 Å². The van der Waals surface area contributed by atoms with E-state index in [9.17, 15) is 8.42 Å². The number of rotatable bonds is 4. The van der Waals surface area contributed by atoms with Crippen molar-refractivity contribution in [2.24, 2.45) is 11.7 Å². The summed E-state index contributed by atoms with van der Waals surface area (Å²) in [6.45, 7) is 2.36. The highest BCUT2D eigenvalue weighted by atomic mass is 32.2. The molecule has 5 nitrogen and oxygen atoms in total. The predicted molar refractivity (Wildman–Crippen MR) is 72.0 cm³/mol. The first kappa shape index (κ1) is 13.9. The Morgan fingerprint density at radius 3 is 2.83 bits per heavy atom. The first-order chi connectivity index (χ1) is 8.46. The average molecular weight is 289 g/mol. The minimum absolute atomic E-state index is 0.0300. The average Bonchev–Trinajstić information content (AvgIpc) is 2.95. The molecule has 2 N–H and O–H groups in total. The van der Waals surface area contributed by atoms with E-state index in [0.717, 1.165) is 24.3 Å². The number of hydrogen-bond acceptors (Lipinski definition) is 5. The van der Waals surface area contributed by atoms with Crippen LogP contribution in [0.2, 0.25) is 0 Å². The van der Waals surface area contributed by atoms with Gasteiger partial charge in [0.15, 0.2) is 4.21 Å². The maximum Gasteiger partial charge on any atom is 0.254 e. The van der Waals surface area contributed by atoms with Crippen LogP contribution in [0, 0.1) is 12.8 Å². The van der Waals surface area contributed by atoms with Crippen molar-refractivity contribution in [3.8, 4) is 0 Å². The Kier molecular flexibility index (Phi) is 4.05. The zero-order chi connectivity index (χ0) is 13.3. The molecule has 1 heterocycles. The molecular formula is C11H19N3O2S2. The molecule has 0 amide bonds. The highest BCUT2D eigenvalue weighted by Gasteiger charge is 2.36. The Morgan fingerprint density at radius 1 is 1.56 bits per heavy atom. The molecule has 0 aromatic carbocycles. The normalized spacial score (nSPS) is 24.9. The summed E-state index contributed by atoms with van der Waals surface area (Å²) < 4.78 is 26.7. The molecule has 18 heavy (non-hydrogen) atoms. The van der Waals surface area contributed by atoms with Crippen molar-refractivity contribution in [3.05, 3.63) is 11.2 Å². The van der Waals surface area contributed by atoms with Gasteiger partial charge in [0, 0.05) is 13.1 Å². The second-order valence-electron chi connectivity index (χ2n) is 4.71. The molecule has 2 atom stereocenters. The van der Waals surface area contributed by atoms with E-state index in [2.05, 4.69) is 4.98 Å². The van der Waals surface area contributed by atoms with Crippen LogP contribution in [0.25, 0.3) is 0 Å². The fourth-order valence-electron chi connectivity index (χ4n) is 2.55. The van der Waals surface area contributed by atoms with Crippen LogP contribution in [0.3, 0.4) is 0 Å². The second-order valence-corrected chi connectivity index (χ2v) is 8.17. The number of nitrogens with zero attached hydrogens (tertiary/aromatic N) is 2. The Bertz CT molecular complexity index is 512. The third-order valence-corrected chi connectivity index (χ3v) is 6.85. The summed E-state index contributed by atoms with van der Waals surface area (Å²) in [5.41, 5.74) is 5.72. The van der Waals surface area contributed by atoms with E-state index in [1.54, 1.807) is 7.05 Å². The van der Waals surface area contributed by atoms with Gasteiger partial charge in [0.2, 0.25) is 0 Å². The SMILES string of the molecule is Cc1ncc(S(=O)(=O)N(C)C2CCCC2CN)s1. The van der Waals surface area contributed by atoms with Crippen LogP contribution in [-0.2, 0) is 10.0 Å². The van der Waals surface area contributed by atoms with Crippen molar-refractivity contribution in [1.29, 1.82) is 0 Å². The van der Waals surface area contributed by atoms with Gasteiger partial charge in [-0.2, -0.15) is 4.31 Å². The molecule has 0 radical (unpaired) electrons. The fraction of sp³-hybridized carbons (Fsp3) is 0.727. The van der Waals surface area contributed by atoms with E-state index in [-0.39, 0.29) is 12.0 Å². The van der Waals surface area contributed by atoms with Crippen molar-refractivity contribution in [2.75, 3.05) is 13.6 Å². The Labute approximate surface area is 112 Å². The van der Waals surface area contributed by atoms with Crippen LogP contribution >= 0.6 is 11.3 Å². The van der Waals surface area contributed by atoms with Gasteiger partial charge in [-0.15, -0.1) is 11.3 Å². The molecule has 1 saturated carbocycles. The summed E-state index contributed by atoms with van der Waals surface area (Å²) >= 11 is 1.22. The number of nitrogens with two attached hydrogens (primary N) is 1. The zero-order valence-electron chi connectivity index (χ0n) is 10.7. The largest absolute Gasteiger partial charge is 0.330 e. The minimum Gasteiger partial charge on any atom is -0.330 e. The van der Waals surface area contributed by atoms with E-state index >= 15 is 0 Å². The first-order valence-electron chi connectivity index (χ1n) is 6.07. The fourth-order valence-corrected chi connectivity index (χ4v) is 5.29. The summed E-state index contributed by atoms with van der Waals surface area (Å²) in [7, 11) is -1.76.